The topological polar surface area (TPSA) is 97.1 Å². The molecule has 0 amide bonds. The first-order valence-electron chi connectivity index (χ1n) is 13.9. The first kappa shape index (κ1) is 25.5. The van der Waals surface area contributed by atoms with Gasteiger partial charge < -0.3 is 10.6 Å². The third kappa shape index (κ3) is 4.98. The second kappa shape index (κ2) is 10.8. The van der Waals surface area contributed by atoms with Crippen LogP contribution in [-0.4, -0.2) is 38.4 Å². The van der Waals surface area contributed by atoms with E-state index in [-0.39, 0.29) is 5.56 Å². The molecule has 0 aliphatic carbocycles. The second-order valence-corrected chi connectivity index (χ2v) is 11.3. The predicted octanol–water partition coefficient (Wildman–Crippen LogP) is 6.27. The molecule has 1 aromatic carbocycles. The lowest BCUT2D eigenvalue weighted by Crippen LogP contribution is -2.28. The Kier molecular flexibility index (Phi) is 6.74. The Morgan fingerprint density at radius 1 is 1.02 bits per heavy atom. The first-order chi connectivity index (χ1) is 20.1. The summed E-state index contributed by atoms with van der Waals surface area (Å²) in [7, 11) is 0. The van der Waals surface area contributed by atoms with E-state index in [1.54, 1.807) is 34.5 Å². The molecule has 0 unspecified atom stereocenters. The molecule has 7 rings (SSSR count). The quantitative estimate of drug-likeness (QED) is 0.264. The molecule has 2 aliphatic rings. The van der Waals surface area contributed by atoms with E-state index >= 15 is 0 Å². The zero-order chi connectivity index (χ0) is 27.8. The molecule has 0 bridgehead atoms. The highest BCUT2D eigenvalue weighted by molar-refractivity contribution is 7.08. The van der Waals surface area contributed by atoms with Crippen LogP contribution in [0, 0.1) is 6.92 Å². The van der Waals surface area contributed by atoms with Crippen LogP contribution in [0.15, 0.2) is 87.7 Å². The summed E-state index contributed by atoms with van der Waals surface area (Å²) in [6, 6.07) is 14.4. The molecular weight excluding hydrogens is 530 g/mol. The van der Waals surface area contributed by atoms with Gasteiger partial charge >= 0.3 is 0 Å². The summed E-state index contributed by atoms with van der Waals surface area (Å²) in [5.74, 6) is 1.66. The molecule has 1 fully saturated rings. The molecular formula is C32H29N7OS. The second-order valence-electron chi connectivity index (χ2n) is 10.5. The van der Waals surface area contributed by atoms with Crippen molar-refractivity contribution < 1.29 is 0 Å². The van der Waals surface area contributed by atoms with Crippen LogP contribution < -0.4 is 16.2 Å². The maximum atomic E-state index is 14.0. The lowest BCUT2D eigenvalue weighted by molar-refractivity contribution is 0.460. The summed E-state index contributed by atoms with van der Waals surface area (Å²) in [5.41, 5.74) is 6.87. The zero-order valence-electron chi connectivity index (χ0n) is 22.7. The highest BCUT2D eigenvalue weighted by Crippen LogP contribution is 2.29. The summed E-state index contributed by atoms with van der Waals surface area (Å²) >= 11 is 1.64. The van der Waals surface area contributed by atoms with Crippen molar-refractivity contribution in [3.63, 3.8) is 0 Å². The number of fused-ring (bicyclic) bond motifs is 1. The van der Waals surface area contributed by atoms with Gasteiger partial charge in [0.05, 0.1) is 11.3 Å². The van der Waals surface area contributed by atoms with Crippen LogP contribution in [0.2, 0.25) is 0 Å². The number of piperidine rings is 1. The normalized spacial score (nSPS) is 15.4. The number of nitrogens with one attached hydrogen (secondary N) is 2. The summed E-state index contributed by atoms with van der Waals surface area (Å²) in [5, 5.41) is 11.6. The van der Waals surface area contributed by atoms with Crippen molar-refractivity contribution in [1.29, 1.82) is 0 Å². The van der Waals surface area contributed by atoms with Crippen molar-refractivity contribution in [2.45, 2.75) is 32.1 Å². The van der Waals surface area contributed by atoms with Crippen LogP contribution in [-0.2, 0) is 0 Å². The lowest BCUT2D eigenvalue weighted by Gasteiger charge is -2.23. The van der Waals surface area contributed by atoms with Gasteiger partial charge in [-0.1, -0.05) is 18.2 Å². The van der Waals surface area contributed by atoms with Gasteiger partial charge in [0.2, 0.25) is 5.95 Å². The van der Waals surface area contributed by atoms with Gasteiger partial charge in [-0.25, -0.2) is 14.5 Å². The summed E-state index contributed by atoms with van der Waals surface area (Å²) in [6.07, 6.45) is 10.1. The largest absolute Gasteiger partial charge is 0.324 e. The van der Waals surface area contributed by atoms with Gasteiger partial charge in [0.25, 0.3) is 5.56 Å². The molecule has 0 radical (unpaired) electrons. The van der Waals surface area contributed by atoms with E-state index in [0.29, 0.717) is 35.3 Å². The number of hydrogen-bond acceptors (Lipinski definition) is 8. The van der Waals surface area contributed by atoms with Crippen LogP contribution in [0.3, 0.4) is 0 Å². The average Bonchev–Trinajstić information content (AvgIpc) is 3.74. The molecule has 41 heavy (non-hydrogen) atoms. The molecule has 2 aliphatic heterocycles. The molecule has 5 aromatic rings. The molecule has 6 heterocycles. The average molecular weight is 560 g/mol. The maximum Gasteiger partial charge on any atom is 0.265 e. The SMILES string of the molecule is Cc1cc(-c2ccsc2)ncc1-c1cc2cnc(Nc3ccc(C4CCNCC4)cc3)nc2n(C2=NC=CC2)c1=O. The number of aryl methyl sites for hydroxylation is 1. The van der Waals surface area contributed by atoms with Gasteiger partial charge in [-0.3, -0.25) is 9.78 Å². The molecule has 0 saturated carbocycles. The van der Waals surface area contributed by atoms with Gasteiger partial charge in [-0.15, -0.1) is 0 Å². The van der Waals surface area contributed by atoms with Crippen molar-refractivity contribution in [3.8, 4) is 22.4 Å². The number of aromatic nitrogens is 4. The zero-order valence-corrected chi connectivity index (χ0v) is 23.5. The van der Waals surface area contributed by atoms with E-state index in [9.17, 15) is 4.79 Å². The van der Waals surface area contributed by atoms with Crippen molar-refractivity contribution in [3.05, 3.63) is 99.4 Å². The van der Waals surface area contributed by atoms with Gasteiger partial charge in [0.15, 0.2) is 5.65 Å². The third-order valence-electron chi connectivity index (χ3n) is 7.82. The standard InChI is InChI=1S/C32H29N7OS/c1-20-15-28(23-10-14-41-19-23)35-18-27(20)26-16-24-17-36-32(38-30(24)39(31(26)40)29-3-2-11-34-29)37-25-6-4-21(5-7-25)22-8-12-33-13-9-22/h2,4-7,10-11,14-19,22,33H,3,8-9,12-13H2,1H3,(H,36,37,38). The molecule has 204 valence electrons. The van der Waals surface area contributed by atoms with Gasteiger partial charge in [-0.2, -0.15) is 16.3 Å². The number of aliphatic imine (C=N–C) groups is 1. The van der Waals surface area contributed by atoms with E-state index in [1.165, 1.54) is 5.56 Å². The number of hydrogen-bond donors (Lipinski definition) is 2. The van der Waals surface area contributed by atoms with Crippen molar-refractivity contribution in [2.75, 3.05) is 18.4 Å². The van der Waals surface area contributed by atoms with E-state index in [2.05, 4.69) is 55.2 Å². The van der Waals surface area contributed by atoms with Crippen LogP contribution >= 0.6 is 11.3 Å². The molecule has 8 nitrogen and oxygen atoms in total. The Balaban J connectivity index is 1.26. The Morgan fingerprint density at radius 3 is 2.61 bits per heavy atom. The molecule has 0 atom stereocenters. The number of allylic oxidation sites excluding steroid dienone is 1. The van der Waals surface area contributed by atoms with Gasteiger partial charge in [0, 0.05) is 52.6 Å². The summed E-state index contributed by atoms with van der Waals surface area (Å²) in [4.78, 5) is 32.6. The van der Waals surface area contributed by atoms with Gasteiger partial charge in [-0.05, 0) is 85.6 Å². The minimum absolute atomic E-state index is 0.177. The lowest BCUT2D eigenvalue weighted by atomic mass is 9.90. The highest BCUT2D eigenvalue weighted by atomic mass is 32.1. The smallest absolute Gasteiger partial charge is 0.265 e. The summed E-state index contributed by atoms with van der Waals surface area (Å²) < 4.78 is 1.62. The number of benzene rings is 1. The molecule has 4 aromatic heterocycles. The Morgan fingerprint density at radius 2 is 1.88 bits per heavy atom. The minimum Gasteiger partial charge on any atom is -0.324 e. The van der Waals surface area contributed by atoms with Gasteiger partial charge in [0.1, 0.15) is 5.84 Å². The minimum atomic E-state index is -0.177. The highest BCUT2D eigenvalue weighted by Gasteiger charge is 2.20. The first-order valence-corrected chi connectivity index (χ1v) is 14.8. The number of thiophene rings is 1. The monoisotopic (exact) mass is 559 g/mol. The number of rotatable bonds is 5. The fraction of sp³-hybridized carbons (Fsp3) is 0.219. The molecule has 0 spiro atoms. The maximum absolute atomic E-state index is 14.0. The van der Waals surface area contributed by atoms with E-state index in [4.69, 9.17) is 4.98 Å². The Bertz CT molecular complexity index is 1850. The number of nitrogens with zero attached hydrogens (tertiary/aromatic N) is 5. The van der Waals surface area contributed by atoms with Crippen molar-refractivity contribution in [2.24, 2.45) is 4.99 Å². The van der Waals surface area contributed by atoms with Crippen molar-refractivity contribution in [1.82, 2.24) is 24.8 Å². The van der Waals surface area contributed by atoms with Crippen LogP contribution in [0.25, 0.3) is 33.4 Å². The van der Waals surface area contributed by atoms with Crippen LogP contribution in [0.1, 0.15) is 36.3 Å². The Labute approximate surface area is 241 Å². The predicted molar refractivity (Wildman–Crippen MR) is 166 cm³/mol. The van der Waals surface area contributed by atoms with E-state index < -0.39 is 0 Å². The fourth-order valence-corrected chi connectivity index (χ4v) is 6.27. The fourth-order valence-electron chi connectivity index (χ4n) is 5.62. The summed E-state index contributed by atoms with van der Waals surface area (Å²) in [6.45, 7) is 4.14. The van der Waals surface area contributed by atoms with Crippen LogP contribution in [0.4, 0.5) is 11.6 Å². The molecule has 2 N–H and O–H groups in total. The van der Waals surface area contributed by atoms with Crippen LogP contribution in [0.5, 0.6) is 0 Å². The Hall–Kier alpha value is -4.47. The number of pyridine rings is 2. The number of anilines is 2. The van der Waals surface area contributed by atoms with E-state index in [0.717, 1.165) is 59.4 Å². The third-order valence-corrected chi connectivity index (χ3v) is 8.51. The molecule has 9 heteroatoms. The van der Waals surface area contributed by atoms with Crippen molar-refractivity contribution >= 4 is 39.8 Å². The van der Waals surface area contributed by atoms with E-state index in [1.807, 2.05) is 36.6 Å². The molecule has 1 saturated heterocycles.